The molecule has 0 aliphatic heterocycles. The van der Waals surface area contributed by atoms with Gasteiger partial charge >= 0.3 is 5.69 Å². The molecule has 1 saturated carbocycles. The van der Waals surface area contributed by atoms with Crippen LogP contribution in [0.3, 0.4) is 0 Å². The normalized spacial score (nSPS) is 16.5. The third kappa shape index (κ3) is 3.18. The summed E-state index contributed by atoms with van der Waals surface area (Å²) < 4.78 is 1.23. The highest BCUT2D eigenvalue weighted by atomic mass is 16.3. The van der Waals surface area contributed by atoms with Gasteiger partial charge in [-0.2, -0.15) is 5.10 Å². The van der Waals surface area contributed by atoms with E-state index < -0.39 is 17.1 Å². The van der Waals surface area contributed by atoms with Crippen molar-refractivity contribution in [2.45, 2.75) is 45.1 Å². The van der Waals surface area contributed by atoms with Gasteiger partial charge in [-0.3, -0.25) is 14.3 Å². The molecule has 120 valence electrons. The molecule has 1 aromatic rings. The van der Waals surface area contributed by atoms with E-state index in [4.69, 9.17) is 11.5 Å². The van der Waals surface area contributed by atoms with E-state index >= 15 is 0 Å². The molecule has 9 heteroatoms. The zero-order chi connectivity index (χ0) is 16.3. The van der Waals surface area contributed by atoms with Gasteiger partial charge in [-0.25, -0.2) is 4.79 Å². The van der Waals surface area contributed by atoms with Crippen LogP contribution in [-0.2, 0) is 0 Å². The fraction of sp³-hybridized carbons (Fsp3) is 0.538. The Morgan fingerprint density at radius 2 is 1.86 bits per heavy atom. The standard InChI is InChI=1S/C13H20N6O3/c1-7(17-18-12(14)15)9-10(20)16-13(22)19(11(9)21)8-5-3-2-4-6-8/h8,21H,2-6H2,1H3,(H4,14,15,18)(H,16,20,22). The predicted octanol–water partition coefficient (Wildman–Crippen LogP) is -0.255. The molecule has 0 amide bonds. The van der Waals surface area contributed by atoms with E-state index in [0.29, 0.717) is 0 Å². The Hall–Kier alpha value is -2.58. The van der Waals surface area contributed by atoms with E-state index in [1.54, 1.807) is 0 Å². The summed E-state index contributed by atoms with van der Waals surface area (Å²) in [5.41, 5.74) is 9.05. The van der Waals surface area contributed by atoms with Crippen LogP contribution in [0.25, 0.3) is 0 Å². The van der Waals surface area contributed by atoms with Crippen LogP contribution in [0.4, 0.5) is 0 Å². The molecule has 1 aromatic heterocycles. The Kier molecular flexibility index (Phi) is 4.64. The molecule has 1 heterocycles. The molecule has 6 N–H and O–H groups in total. The molecule has 0 spiro atoms. The van der Waals surface area contributed by atoms with Gasteiger partial charge in [-0.1, -0.05) is 19.3 Å². The van der Waals surface area contributed by atoms with Crippen molar-refractivity contribution in [2.24, 2.45) is 21.7 Å². The van der Waals surface area contributed by atoms with E-state index in [-0.39, 0.29) is 23.3 Å². The lowest BCUT2D eigenvalue weighted by atomic mass is 9.95. The number of nitrogens with zero attached hydrogens (tertiary/aromatic N) is 3. The quantitative estimate of drug-likeness (QED) is 0.344. The first-order chi connectivity index (χ1) is 10.4. The van der Waals surface area contributed by atoms with Gasteiger partial charge in [0.05, 0.1) is 5.71 Å². The Balaban J connectivity index is 2.56. The Labute approximate surface area is 126 Å². The number of aromatic nitrogens is 2. The maximum atomic E-state index is 12.0. The van der Waals surface area contributed by atoms with Gasteiger partial charge in [0.25, 0.3) is 5.56 Å². The maximum absolute atomic E-state index is 12.0. The SMILES string of the molecule is CC(=NN=C(N)N)c1c(O)n(C2CCCCC2)c(=O)[nH]c1=O. The van der Waals surface area contributed by atoms with Crippen molar-refractivity contribution in [3.63, 3.8) is 0 Å². The third-order valence-electron chi connectivity index (χ3n) is 3.74. The molecular weight excluding hydrogens is 288 g/mol. The maximum Gasteiger partial charge on any atom is 0.331 e. The average molecular weight is 308 g/mol. The molecule has 0 saturated heterocycles. The monoisotopic (exact) mass is 308 g/mol. The van der Waals surface area contributed by atoms with E-state index in [2.05, 4.69) is 15.2 Å². The molecule has 1 aliphatic rings. The summed E-state index contributed by atoms with van der Waals surface area (Å²) in [6.07, 6.45) is 4.62. The molecular formula is C13H20N6O3. The third-order valence-corrected chi connectivity index (χ3v) is 3.74. The van der Waals surface area contributed by atoms with Crippen molar-refractivity contribution in [1.82, 2.24) is 9.55 Å². The van der Waals surface area contributed by atoms with E-state index in [1.807, 2.05) is 0 Å². The van der Waals surface area contributed by atoms with Gasteiger partial charge < -0.3 is 16.6 Å². The second-order valence-electron chi connectivity index (χ2n) is 5.33. The minimum Gasteiger partial charge on any atom is -0.494 e. The lowest BCUT2D eigenvalue weighted by molar-refractivity contribution is 0.298. The number of aromatic amines is 1. The average Bonchev–Trinajstić information content (AvgIpc) is 2.45. The zero-order valence-electron chi connectivity index (χ0n) is 12.4. The second-order valence-corrected chi connectivity index (χ2v) is 5.33. The smallest absolute Gasteiger partial charge is 0.331 e. The number of rotatable bonds is 3. The van der Waals surface area contributed by atoms with E-state index in [1.165, 1.54) is 11.5 Å². The minimum absolute atomic E-state index is 0.102. The highest BCUT2D eigenvalue weighted by molar-refractivity contribution is 6.00. The van der Waals surface area contributed by atoms with Crippen molar-refractivity contribution < 1.29 is 5.11 Å². The van der Waals surface area contributed by atoms with Crippen LogP contribution in [0.5, 0.6) is 5.88 Å². The fourth-order valence-corrected chi connectivity index (χ4v) is 2.72. The summed E-state index contributed by atoms with van der Waals surface area (Å²) in [6, 6.07) is -0.132. The van der Waals surface area contributed by atoms with Crippen LogP contribution in [0.1, 0.15) is 50.6 Å². The van der Waals surface area contributed by atoms with Crippen LogP contribution >= 0.6 is 0 Å². The Morgan fingerprint density at radius 3 is 2.45 bits per heavy atom. The molecule has 0 unspecified atom stereocenters. The molecule has 2 rings (SSSR count). The van der Waals surface area contributed by atoms with Crippen molar-refractivity contribution in [1.29, 1.82) is 0 Å². The molecule has 0 atom stereocenters. The van der Waals surface area contributed by atoms with Gasteiger partial charge in [-0.15, -0.1) is 5.10 Å². The number of hydrogen-bond donors (Lipinski definition) is 4. The number of nitrogens with two attached hydrogens (primary N) is 2. The second kappa shape index (κ2) is 6.46. The number of aromatic hydroxyl groups is 1. The summed E-state index contributed by atoms with van der Waals surface area (Å²) in [7, 11) is 0. The van der Waals surface area contributed by atoms with Crippen molar-refractivity contribution in [3.8, 4) is 5.88 Å². The van der Waals surface area contributed by atoms with E-state index in [9.17, 15) is 14.7 Å². The highest BCUT2D eigenvalue weighted by Crippen LogP contribution is 2.30. The molecule has 9 nitrogen and oxygen atoms in total. The number of hydrogen-bond acceptors (Lipinski definition) is 5. The summed E-state index contributed by atoms with van der Waals surface area (Å²) in [6.45, 7) is 1.48. The summed E-state index contributed by atoms with van der Waals surface area (Å²) in [5.74, 6) is -0.663. The van der Waals surface area contributed by atoms with Crippen LogP contribution in [0.15, 0.2) is 19.8 Å². The molecule has 1 fully saturated rings. The van der Waals surface area contributed by atoms with Gasteiger partial charge in [0.1, 0.15) is 5.56 Å². The Bertz CT molecular complexity index is 720. The number of nitrogens with one attached hydrogen (secondary N) is 1. The van der Waals surface area contributed by atoms with Gasteiger partial charge in [0.15, 0.2) is 0 Å². The Morgan fingerprint density at radius 1 is 1.23 bits per heavy atom. The van der Waals surface area contributed by atoms with Crippen LogP contribution < -0.4 is 22.7 Å². The molecule has 0 aromatic carbocycles. The first-order valence-corrected chi connectivity index (χ1v) is 7.13. The van der Waals surface area contributed by atoms with Crippen molar-refractivity contribution >= 4 is 11.7 Å². The lowest BCUT2D eigenvalue weighted by Crippen LogP contribution is -2.36. The summed E-state index contributed by atoms with van der Waals surface area (Å²) in [5, 5.41) is 17.5. The topological polar surface area (TPSA) is 152 Å². The summed E-state index contributed by atoms with van der Waals surface area (Å²) >= 11 is 0. The zero-order valence-corrected chi connectivity index (χ0v) is 12.4. The van der Waals surface area contributed by atoms with Gasteiger partial charge in [-0.05, 0) is 19.8 Å². The number of guanidine groups is 1. The van der Waals surface area contributed by atoms with Crippen molar-refractivity contribution in [3.05, 3.63) is 26.4 Å². The van der Waals surface area contributed by atoms with Crippen molar-refractivity contribution in [2.75, 3.05) is 0 Å². The lowest BCUT2D eigenvalue weighted by Gasteiger charge is -2.25. The van der Waals surface area contributed by atoms with Gasteiger partial charge in [0, 0.05) is 6.04 Å². The summed E-state index contributed by atoms with van der Waals surface area (Å²) in [4.78, 5) is 26.2. The minimum atomic E-state index is -0.721. The van der Waals surface area contributed by atoms with Crippen LogP contribution in [0.2, 0.25) is 0 Å². The van der Waals surface area contributed by atoms with Crippen LogP contribution in [-0.4, -0.2) is 26.3 Å². The van der Waals surface area contributed by atoms with Crippen LogP contribution in [0, 0.1) is 0 Å². The van der Waals surface area contributed by atoms with Gasteiger partial charge in [0.2, 0.25) is 11.8 Å². The molecule has 22 heavy (non-hydrogen) atoms. The molecule has 0 radical (unpaired) electrons. The highest BCUT2D eigenvalue weighted by Gasteiger charge is 2.23. The number of H-pyrrole nitrogens is 1. The molecule has 0 bridgehead atoms. The fourth-order valence-electron chi connectivity index (χ4n) is 2.72. The molecule has 1 aliphatic carbocycles. The first kappa shape index (κ1) is 15.8. The first-order valence-electron chi connectivity index (χ1n) is 7.13. The predicted molar refractivity (Wildman–Crippen MR) is 83.1 cm³/mol. The van der Waals surface area contributed by atoms with E-state index in [0.717, 1.165) is 32.1 Å². The largest absolute Gasteiger partial charge is 0.494 e.